The lowest BCUT2D eigenvalue weighted by Gasteiger charge is -2.07. The highest BCUT2D eigenvalue weighted by Gasteiger charge is 2.28. The van der Waals surface area contributed by atoms with Gasteiger partial charge in [0, 0.05) is 20.7 Å². The molecule has 1 rings (SSSR count). The van der Waals surface area contributed by atoms with Gasteiger partial charge in [0.15, 0.2) is 9.84 Å². The Morgan fingerprint density at radius 1 is 1.45 bits per heavy atom. The Bertz CT molecular complexity index is 581. The quantitative estimate of drug-likeness (QED) is 0.632. The SMILES string of the molecule is CCS(=O)(=O)c1c(NCCOC)sc(C(=O)NC)c1N. The summed E-state index contributed by atoms with van der Waals surface area (Å²) in [5.41, 5.74) is 5.84. The van der Waals surface area contributed by atoms with E-state index < -0.39 is 15.7 Å². The van der Waals surface area contributed by atoms with Gasteiger partial charge in [0.1, 0.15) is 14.8 Å². The molecule has 1 heterocycles. The maximum atomic E-state index is 12.1. The zero-order valence-electron chi connectivity index (χ0n) is 11.6. The second-order valence-corrected chi connectivity index (χ2v) is 7.14. The van der Waals surface area contributed by atoms with Gasteiger partial charge in [0.2, 0.25) is 0 Å². The van der Waals surface area contributed by atoms with Crippen molar-refractivity contribution in [2.24, 2.45) is 0 Å². The first kappa shape index (κ1) is 16.7. The predicted octanol–water partition coefficient (Wildman–Crippen LogP) is 0.542. The summed E-state index contributed by atoms with van der Waals surface area (Å²) >= 11 is 1.03. The van der Waals surface area contributed by atoms with Crippen molar-refractivity contribution >= 4 is 37.8 Å². The van der Waals surface area contributed by atoms with Crippen LogP contribution in [0.25, 0.3) is 0 Å². The van der Waals surface area contributed by atoms with E-state index >= 15 is 0 Å². The van der Waals surface area contributed by atoms with Crippen molar-refractivity contribution in [1.29, 1.82) is 0 Å². The lowest BCUT2D eigenvalue weighted by Crippen LogP contribution is -2.18. The van der Waals surface area contributed by atoms with Gasteiger partial charge in [0.25, 0.3) is 5.91 Å². The fourth-order valence-electron chi connectivity index (χ4n) is 1.55. The molecule has 1 aromatic rings. The molecule has 114 valence electrons. The summed E-state index contributed by atoms with van der Waals surface area (Å²) in [6.07, 6.45) is 0. The topological polar surface area (TPSA) is 111 Å². The van der Waals surface area contributed by atoms with Crippen LogP contribution in [0.1, 0.15) is 16.6 Å². The number of thiophene rings is 1. The van der Waals surface area contributed by atoms with Crippen LogP contribution >= 0.6 is 11.3 Å². The molecule has 0 unspecified atom stereocenters. The molecule has 0 saturated carbocycles. The van der Waals surface area contributed by atoms with E-state index in [-0.39, 0.29) is 21.2 Å². The van der Waals surface area contributed by atoms with E-state index in [1.807, 2.05) is 0 Å². The highest BCUT2D eigenvalue weighted by atomic mass is 32.2. The largest absolute Gasteiger partial charge is 0.396 e. The van der Waals surface area contributed by atoms with Crippen molar-refractivity contribution in [1.82, 2.24) is 5.32 Å². The Labute approximate surface area is 122 Å². The minimum Gasteiger partial charge on any atom is -0.396 e. The summed E-state index contributed by atoms with van der Waals surface area (Å²) in [5.74, 6) is -0.486. The van der Waals surface area contributed by atoms with E-state index in [1.54, 1.807) is 7.11 Å². The van der Waals surface area contributed by atoms with E-state index in [0.29, 0.717) is 18.2 Å². The molecule has 1 amide bonds. The van der Waals surface area contributed by atoms with Crippen LogP contribution in [0, 0.1) is 0 Å². The lowest BCUT2D eigenvalue weighted by molar-refractivity contribution is 0.0968. The molecule has 7 nitrogen and oxygen atoms in total. The molecule has 0 aliphatic rings. The molecule has 0 atom stereocenters. The number of amides is 1. The van der Waals surface area contributed by atoms with Gasteiger partial charge in [-0.3, -0.25) is 4.79 Å². The van der Waals surface area contributed by atoms with Gasteiger partial charge < -0.3 is 21.1 Å². The fraction of sp³-hybridized carbons (Fsp3) is 0.545. The minimum atomic E-state index is -3.52. The van der Waals surface area contributed by atoms with Crippen LogP contribution in [0.2, 0.25) is 0 Å². The highest BCUT2D eigenvalue weighted by Crippen LogP contribution is 2.39. The predicted molar refractivity (Wildman–Crippen MR) is 80.2 cm³/mol. The molecule has 0 spiro atoms. The van der Waals surface area contributed by atoms with Crippen molar-refractivity contribution in [3.8, 4) is 0 Å². The highest BCUT2D eigenvalue weighted by molar-refractivity contribution is 7.91. The van der Waals surface area contributed by atoms with Gasteiger partial charge in [0.05, 0.1) is 18.0 Å². The Balaban J connectivity index is 3.30. The van der Waals surface area contributed by atoms with Crippen LogP contribution < -0.4 is 16.4 Å². The van der Waals surface area contributed by atoms with Crippen LogP contribution in [-0.2, 0) is 14.6 Å². The maximum Gasteiger partial charge on any atom is 0.263 e. The molecule has 0 bridgehead atoms. The van der Waals surface area contributed by atoms with E-state index in [4.69, 9.17) is 10.5 Å². The summed E-state index contributed by atoms with van der Waals surface area (Å²) in [5, 5.41) is 5.77. The van der Waals surface area contributed by atoms with Crippen LogP contribution in [0.15, 0.2) is 4.90 Å². The Morgan fingerprint density at radius 2 is 2.10 bits per heavy atom. The average Bonchev–Trinajstić information content (AvgIpc) is 2.76. The maximum absolute atomic E-state index is 12.1. The van der Waals surface area contributed by atoms with Crippen LogP contribution in [0.4, 0.5) is 10.7 Å². The van der Waals surface area contributed by atoms with Gasteiger partial charge in [-0.25, -0.2) is 8.42 Å². The molecule has 0 aliphatic heterocycles. The number of anilines is 2. The molecule has 9 heteroatoms. The zero-order valence-corrected chi connectivity index (χ0v) is 13.3. The number of nitrogens with two attached hydrogens (primary N) is 1. The van der Waals surface area contributed by atoms with Crippen LogP contribution in [-0.4, -0.2) is 47.4 Å². The molecule has 20 heavy (non-hydrogen) atoms. The normalized spacial score (nSPS) is 11.3. The monoisotopic (exact) mass is 321 g/mol. The number of nitrogens with one attached hydrogen (secondary N) is 2. The number of rotatable bonds is 7. The van der Waals surface area contributed by atoms with E-state index in [2.05, 4.69) is 10.6 Å². The smallest absolute Gasteiger partial charge is 0.263 e. The summed E-state index contributed by atoms with van der Waals surface area (Å²) in [6, 6.07) is 0. The number of nitrogen functional groups attached to an aromatic ring is 1. The second kappa shape index (κ2) is 6.91. The second-order valence-electron chi connectivity index (χ2n) is 3.91. The number of carbonyl (C=O) groups is 1. The molecule has 0 aromatic carbocycles. The molecule has 1 aromatic heterocycles. The Kier molecular flexibility index (Phi) is 5.78. The van der Waals surface area contributed by atoms with Crippen molar-refractivity contribution < 1.29 is 17.9 Å². The third kappa shape index (κ3) is 3.41. The van der Waals surface area contributed by atoms with Gasteiger partial charge >= 0.3 is 0 Å². The van der Waals surface area contributed by atoms with Crippen molar-refractivity contribution in [3.05, 3.63) is 4.88 Å². The Hall–Kier alpha value is -1.32. The third-order valence-corrected chi connectivity index (χ3v) is 5.71. The van der Waals surface area contributed by atoms with Crippen LogP contribution in [0.3, 0.4) is 0 Å². The first-order chi connectivity index (χ1) is 9.38. The number of carbonyl (C=O) groups excluding carboxylic acids is 1. The van der Waals surface area contributed by atoms with E-state index in [9.17, 15) is 13.2 Å². The number of ether oxygens (including phenoxy) is 1. The molecule has 0 radical (unpaired) electrons. The summed E-state index contributed by atoms with van der Waals surface area (Å²) in [4.78, 5) is 11.9. The minimum absolute atomic E-state index is 0.000275. The molecule has 0 saturated heterocycles. The van der Waals surface area contributed by atoms with Gasteiger partial charge in [-0.2, -0.15) is 0 Å². The fourth-order valence-corrected chi connectivity index (χ4v) is 4.19. The van der Waals surface area contributed by atoms with Crippen molar-refractivity contribution in [2.45, 2.75) is 11.8 Å². The third-order valence-electron chi connectivity index (χ3n) is 2.62. The number of methoxy groups -OCH3 is 1. The molecular weight excluding hydrogens is 302 g/mol. The Morgan fingerprint density at radius 3 is 2.60 bits per heavy atom. The van der Waals surface area contributed by atoms with Crippen molar-refractivity contribution in [2.75, 3.05) is 44.1 Å². The van der Waals surface area contributed by atoms with Gasteiger partial charge in [-0.1, -0.05) is 6.92 Å². The molecular formula is C11H19N3O4S2. The number of hydrogen-bond donors (Lipinski definition) is 3. The zero-order chi connectivity index (χ0) is 15.3. The van der Waals surface area contributed by atoms with Crippen molar-refractivity contribution in [3.63, 3.8) is 0 Å². The van der Waals surface area contributed by atoms with Gasteiger partial charge in [-0.15, -0.1) is 11.3 Å². The summed E-state index contributed by atoms with van der Waals surface area (Å²) in [6.45, 7) is 2.37. The van der Waals surface area contributed by atoms with E-state index in [0.717, 1.165) is 11.3 Å². The first-order valence-corrected chi connectivity index (χ1v) is 8.45. The average molecular weight is 321 g/mol. The van der Waals surface area contributed by atoms with E-state index in [1.165, 1.54) is 14.0 Å². The summed E-state index contributed by atoms with van der Waals surface area (Å²) in [7, 11) is -0.504. The van der Waals surface area contributed by atoms with Crippen LogP contribution in [0.5, 0.6) is 0 Å². The molecule has 4 N–H and O–H groups in total. The molecule has 0 aliphatic carbocycles. The lowest BCUT2D eigenvalue weighted by atomic mass is 10.3. The standard InChI is InChI=1S/C11H19N3O4S2/c1-4-20(16,17)9-7(12)8(10(15)13-2)19-11(9)14-5-6-18-3/h14H,4-6,12H2,1-3H3,(H,13,15). The van der Waals surface area contributed by atoms with Gasteiger partial charge in [-0.05, 0) is 0 Å². The number of sulfone groups is 1. The molecule has 0 fully saturated rings. The number of hydrogen-bond acceptors (Lipinski definition) is 7. The summed E-state index contributed by atoms with van der Waals surface area (Å²) < 4.78 is 29.1. The first-order valence-electron chi connectivity index (χ1n) is 5.98.